The predicted octanol–water partition coefficient (Wildman–Crippen LogP) is 1.65. The standard InChI is InChI=1S/C20H30O9/c1-13(21)25-9-10-26-15-11-19(18(23)24-3,27-14(2)22)12-16-17(15)29-20(28-16)7-5-4-6-8-20/h15-17H,4-12H2,1-3H3/t15-,16-,17+,19-/m1/s1. The molecule has 4 atom stereocenters. The minimum atomic E-state index is -1.50. The molecule has 2 aliphatic carbocycles. The number of carbonyl (C=O) groups is 3. The summed E-state index contributed by atoms with van der Waals surface area (Å²) in [7, 11) is 1.25. The van der Waals surface area contributed by atoms with E-state index in [1.54, 1.807) is 0 Å². The summed E-state index contributed by atoms with van der Waals surface area (Å²) in [5.41, 5.74) is -1.50. The van der Waals surface area contributed by atoms with Gasteiger partial charge in [0.2, 0.25) is 5.60 Å². The monoisotopic (exact) mass is 414 g/mol. The van der Waals surface area contributed by atoms with Crippen LogP contribution in [0.15, 0.2) is 0 Å². The molecule has 9 heteroatoms. The lowest BCUT2D eigenvalue weighted by molar-refractivity contribution is -0.203. The van der Waals surface area contributed by atoms with Crippen LogP contribution in [0.1, 0.15) is 58.8 Å². The smallest absolute Gasteiger partial charge is 0.350 e. The van der Waals surface area contributed by atoms with Crippen molar-refractivity contribution in [2.45, 2.75) is 88.5 Å². The average molecular weight is 414 g/mol. The summed E-state index contributed by atoms with van der Waals surface area (Å²) in [6, 6.07) is 0. The molecule has 0 bridgehead atoms. The van der Waals surface area contributed by atoms with Crippen LogP contribution in [0.2, 0.25) is 0 Å². The van der Waals surface area contributed by atoms with Gasteiger partial charge in [0.25, 0.3) is 0 Å². The highest BCUT2D eigenvalue weighted by Gasteiger charge is 2.61. The second kappa shape index (κ2) is 8.97. The fraction of sp³-hybridized carbons (Fsp3) is 0.850. The maximum atomic E-state index is 12.6. The first-order valence-corrected chi connectivity index (χ1v) is 10.2. The highest BCUT2D eigenvalue weighted by molar-refractivity contribution is 5.83. The van der Waals surface area contributed by atoms with E-state index in [1.807, 2.05) is 0 Å². The zero-order valence-electron chi connectivity index (χ0n) is 17.3. The lowest BCUT2D eigenvalue weighted by atomic mass is 9.79. The topological polar surface area (TPSA) is 107 Å². The summed E-state index contributed by atoms with van der Waals surface area (Å²) < 4.78 is 33.9. The molecule has 164 valence electrons. The summed E-state index contributed by atoms with van der Waals surface area (Å²) in [4.78, 5) is 35.4. The van der Waals surface area contributed by atoms with Gasteiger partial charge < -0.3 is 28.4 Å². The van der Waals surface area contributed by atoms with Crippen LogP contribution in [0.5, 0.6) is 0 Å². The quantitative estimate of drug-likeness (QED) is 0.364. The molecule has 0 aromatic rings. The summed E-state index contributed by atoms with van der Waals surface area (Å²) in [5.74, 6) is -2.32. The summed E-state index contributed by atoms with van der Waals surface area (Å²) >= 11 is 0. The minimum absolute atomic E-state index is 0.0774. The van der Waals surface area contributed by atoms with Gasteiger partial charge in [-0.1, -0.05) is 6.42 Å². The Morgan fingerprint density at radius 2 is 1.69 bits per heavy atom. The first kappa shape index (κ1) is 22.0. The molecule has 0 aromatic carbocycles. The molecule has 3 fully saturated rings. The SMILES string of the molecule is COC(=O)[C@@]1(OC(C)=O)C[C@@H](OCCOC(C)=O)[C@@H]2OC3(CCCCC3)O[C@@H]2C1. The summed E-state index contributed by atoms with van der Waals surface area (Å²) in [6.07, 6.45) is 3.47. The molecule has 0 radical (unpaired) electrons. The molecule has 0 aromatic heterocycles. The van der Waals surface area contributed by atoms with E-state index in [1.165, 1.54) is 21.0 Å². The van der Waals surface area contributed by atoms with Gasteiger partial charge in [0.15, 0.2) is 5.79 Å². The van der Waals surface area contributed by atoms with Crippen molar-refractivity contribution in [1.82, 2.24) is 0 Å². The number of rotatable bonds is 6. The van der Waals surface area contributed by atoms with Gasteiger partial charge in [-0.2, -0.15) is 0 Å². The number of esters is 3. The third-order valence-corrected chi connectivity index (χ3v) is 5.74. The van der Waals surface area contributed by atoms with Crippen molar-refractivity contribution in [3.05, 3.63) is 0 Å². The second-order valence-electron chi connectivity index (χ2n) is 7.95. The first-order chi connectivity index (χ1) is 13.8. The number of fused-ring (bicyclic) bond motifs is 1. The van der Waals surface area contributed by atoms with Crippen molar-refractivity contribution in [3.8, 4) is 0 Å². The van der Waals surface area contributed by atoms with Crippen molar-refractivity contribution in [2.75, 3.05) is 20.3 Å². The van der Waals surface area contributed by atoms with Crippen LogP contribution in [0.4, 0.5) is 0 Å². The van der Waals surface area contributed by atoms with Gasteiger partial charge in [0.05, 0.1) is 25.9 Å². The van der Waals surface area contributed by atoms with Crippen molar-refractivity contribution in [3.63, 3.8) is 0 Å². The number of carbonyl (C=O) groups excluding carboxylic acids is 3. The molecular formula is C20H30O9. The van der Waals surface area contributed by atoms with Crippen LogP contribution in [-0.4, -0.2) is 67.9 Å². The van der Waals surface area contributed by atoms with E-state index in [4.69, 9.17) is 28.4 Å². The molecule has 2 saturated carbocycles. The van der Waals surface area contributed by atoms with E-state index < -0.39 is 47.6 Å². The number of hydrogen-bond donors (Lipinski definition) is 0. The van der Waals surface area contributed by atoms with Crippen LogP contribution in [0, 0.1) is 0 Å². The molecule has 0 unspecified atom stereocenters. The molecule has 0 N–H and O–H groups in total. The molecule has 1 saturated heterocycles. The fourth-order valence-corrected chi connectivity index (χ4v) is 4.63. The zero-order chi connectivity index (χ0) is 21.1. The number of hydrogen-bond acceptors (Lipinski definition) is 9. The molecule has 9 nitrogen and oxygen atoms in total. The summed E-state index contributed by atoms with van der Waals surface area (Å²) in [5, 5.41) is 0. The Hall–Kier alpha value is -1.71. The zero-order valence-corrected chi connectivity index (χ0v) is 17.3. The third-order valence-electron chi connectivity index (χ3n) is 5.74. The Kier molecular flexibility index (Phi) is 6.80. The van der Waals surface area contributed by atoms with Crippen LogP contribution >= 0.6 is 0 Å². The third kappa shape index (κ3) is 4.90. The fourth-order valence-electron chi connectivity index (χ4n) is 4.63. The average Bonchev–Trinajstić information content (AvgIpc) is 3.01. The van der Waals surface area contributed by atoms with Crippen molar-refractivity contribution in [1.29, 1.82) is 0 Å². The Morgan fingerprint density at radius 1 is 0.966 bits per heavy atom. The maximum absolute atomic E-state index is 12.6. The largest absolute Gasteiger partial charge is 0.466 e. The Bertz CT molecular complexity index is 627. The molecule has 3 aliphatic rings. The van der Waals surface area contributed by atoms with Gasteiger partial charge in [0, 0.05) is 39.5 Å². The predicted molar refractivity (Wildman–Crippen MR) is 97.7 cm³/mol. The summed E-state index contributed by atoms with van der Waals surface area (Å²) in [6.45, 7) is 2.78. The van der Waals surface area contributed by atoms with Gasteiger partial charge in [0.1, 0.15) is 12.7 Å². The van der Waals surface area contributed by atoms with Crippen molar-refractivity contribution in [2.24, 2.45) is 0 Å². The highest BCUT2D eigenvalue weighted by atomic mass is 16.8. The van der Waals surface area contributed by atoms with Crippen LogP contribution in [0.25, 0.3) is 0 Å². The lowest BCUT2D eigenvalue weighted by Gasteiger charge is -2.41. The van der Waals surface area contributed by atoms with E-state index >= 15 is 0 Å². The van der Waals surface area contributed by atoms with Crippen molar-refractivity contribution >= 4 is 17.9 Å². The van der Waals surface area contributed by atoms with Gasteiger partial charge >= 0.3 is 17.9 Å². The van der Waals surface area contributed by atoms with E-state index in [2.05, 4.69) is 0 Å². The van der Waals surface area contributed by atoms with Gasteiger partial charge in [-0.15, -0.1) is 0 Å². The normalized spacial score (nSPS) is 33.0. The lowest BCUT2D eigenvalue weighted by Crippen LogP contribution is -2.58. The Balaban J connectivity index is 1.81. The molecular weight excluding hydrogens is 384 g/mol. The Labute approximate surface area is 170 Å². The number of methoxy groups -OCH3 is 1. The van der Waals surface area contributed by atoms with Gasteiger partial charge in [-0.3, -0.25) is 9.59 Å². The molecule has 1 spiro atoms. The van der Waals surface area contributed by atoms with E-state index in [9.17, 15) is 14.4 Å². The molecule has 3 rings (SSSR count). The minimum Gasteiger partial charge on any atom is -0.466 e. The van der Waals surface area contributed by atoms with E-state index in [-0.39, 0.29) is 26.1 Å². The molecule has 29 heavy (non-hydrogen) atoms. The van der Waals surface area contributed by atoms with Gasteiger partial charge in [-0.25, -0.2) is 4.79 Å². The number of ether oxygens (including phenoxy) is 6. The van der Waals surface area contributed by atoms with Crippen LogP contribution in [-0.2, 0) is 42.8 Å². The first-order valence-electron chi connectivity index (χ1n) is 10.2. The van der Waals surface area contributed by atoms with Gasteiger partial charge in [-0.05, 0) is 12.8 Å². The molecule has 0 amide bonds. The maximum Gasteiger partial charge on any atom is 0.350 e. The van der Waals surface area contributed by atoms with E-state index in [0.29, 0.717) is 0 Å². The molecule has 1 heterocycles. The second-order valence-corrected chi connectivity index (χ2v) is 7.95. The highest BCUT2D eigenvalue weighted by Crippen LogP contribution is 2.48. The van der Waals surface area contributed by atoms with E-state index in [0.717, 1.165) is 32.1 Å². The Morgan fingerprint density at radius 3 is 2.31 bits per heavy atom. The van der Waals surface area contributed by atoms with Crippen LogP contribution < -0.4 is 0 Å². The van der Waals surface area contributed by atoms with Crippen molar-refractivity contribution < 1.29 is 42.8 Å². The molecule has 1 aliphatic heterocycles. The van der Waals surface area contributed by atoms with Crippen LogP contribution in [0.3, 0.4) is 0 Å².